The van der Waals surface area contributed by atoms with E-state index in [1.165, 1.54) is 10.4 Å². The van der Waals surface area contributed by atoms with Gasteiger partial charge in [0, 0.05) is 6.42 Å². The minimum Gasteiger partial charge on any atom is -0.497 e. The fourth-order valence-electron chi connectivity index (χ4n) is 6.96. The highest BCUT2D eigenvalue weighted by Gasteiger charge is 2.51. The van der Waals surface area contributed by atoms with Crippen molar-refractivity contribution in [1.29, 1.82) is 0 Å². The molecule has 1 aliphatic rings. The summed E-state index contributed by atoms with van der Waals surface area (Å²) in [7, 11) is -1.06. The van der Waals surface area contributed by atoms with Crippen molar-refractivity contribution in [3.63, 3.8) is 0 Å². The second-order valence-corrected chi connectivity index (χ2v) is 18.9. The summed E-state index contributed by atoms with van der Waals surface area (Å²) < 4.78 is 38.8. The summed E-state index contributed by atoms with van der Waals surface area (Å²) in [5, 5.41) is 2.31. The number of hydrogen-bond acceptors (Lipinski definition) is 6. The van der Waals surface area contributed by atoms with Crippen molar-refractivity contribution in [2.75, 3.05) is 13.7 Å². The lowest BCUT2D eigenvalue weighted by molar-refractivity contribution is -0.166. The third-order valence-corrected chi connectivity index (χ3v) is 14.4. The molecule has 0 N–H and O–H groups in total. The topological polar surface area (TPSA) is 55.4 Å². The van der Waals surface area contributed by atoms with Crippen LogP contribution in [0.4, 0.5) is 0 Å². The zero-order valence-electron chi connectivity index (χ0n) is 31.5. The standard InChI is InChI=1S/C45H54O6Si/c1-8-20-40(47-34-36-28-30-37(46-7)31-29-36)42-43(51-45(5,6)50-42)41(48-33-35-21-12-9-13-22-35)27-18-19-32-49-52(44(2,3)4,38-23-14-10-15-24-38)39-25-16-11-17-26-39/h8-17,21-26,28-31,40-43H,1,20,27,32-34H2,2-7H3/t40-,41+,42-,43-/m1/s1. The molecule has 274 valence electrons. The Morgan fingerprint density at radius 3 is 1.75 bits per heavy atom. The second kappa shape index (κ2) is 18.2. The average Bonchev–Trinajstić information content (AvgIpc) is 3.48. The molecule has 0 bridgehead atoms. The van der Waals surface area contributed by atoms with Crippen LogP contribution in [0.5, 0.6) is 5.75 Å². The van der Waals surface area contributed by atoms with Crippen LogP contribution in [0.3, 0.4) is 0 Å². The molecule has 0 aromatic heterocycles. The van der Waals surface area contributed by atoms with Gasteiger partial charge >= 0.3 is 0 Å². The van der Waals surface area contributed by atoms with Gasteiger partial charge < -0.3 is 28.1 Å². The SMILES string of the molecule is C=CC[C@@H](OCc1ccc(OC)cc1)[C@H]1OC(C)(C)O[C@@H]1[C@H](CC#CCO[Si](c1ccccc1)(c1ccccc1)C(C)(C)C)OCc1ccccc1. The van der Waals surface area contributed by atoms with E-state index in [1.54, 1.807) is 7.11 Å². The molecule has 0 spiro atoms. The van der Waals surface area contributed by atoms with Crippen LogP contribution in [-0.4, -0.2) is 52.2 Å². The normalized spacial score (nSPS) is 18.2. The van der Waals surface area contributed by atoms with Crippen molar-refractivity contribution in [1.82, 2.24) is 0 Å². The molecule has 0 aliphatic carbocycles. The summed E-state index contributed by atoms with van der Waals surface area (Å²) in [6.07, 6.45) is 1.31. The highest BCUT2D eigenvalue weighted by Crippen LogP contribution is 2.38. The maximum Gasteiger partial charge on any atom is 0.262 e. The lowest BCUT2D eigenvalue weighted by atomic mass is 9.98. The minimum absolute atomic E-state index is 0.140. The lowest BCUT2D eigenvalue weighted by Crippen LogP contribution is -2.66. The molecular weight excluding hydrogens is 665 g/mol. The first-order chi connectivity index (χ1) is 25.1. The number of ether oxygens (including phenoxy) is 5. The summed E-state index contributed by atoms with van der Waals surface area (Å²) in [4.78, 5) is 0. The van der Waals surface area contributed by atoms with E-state index in [0.717, 1.165) is 16.9 Å². The van der Waals surface area contributed by atoms with E-state index in [9.17, 15) is 0 Å². The molecule has 4 aromatic rings. The van der Waals surface area contributed by atoms with E-state index in [2.05, 4.69) is 112 Å². The van der Waals surface area contributed by atoms with Gasteiger partial charge in [0.15, 0.2) is 5.79 Å². The van der Waals surface area contributed by atoms with Crippen LogP contribution in [0.25, 0.3) is 0 Å². The van der Waals surface area contributed by atoms with Gasteiger partial charge in [0.25, 0.3) is 8.32 Å². The van der Waals surface area contributed by atoms with E-state index in [0.29, 0.717) is 32.7 Å². The number of hydrogen-bond donors (Lipinski definition) is 0. The van der Waals surface area contributed by atoms with Crippen molar-refractivity contribution in [2.45, 2.75) is 95.9 Å². The van der Waals surface area contributed by atoms with Gasteiger partial charge in [-0.05, 0) is 58.9 Å². The summed E-state index contributed by atoms with van der Waals surface area (Å²) >= 11 is 0. The quantitative estimate of drug-likeness (QED) is 0.0662. The Labute approximate surface area is 312 Å². The number of methoxy groups -OCH3 is 1. The molecule has 0 radical (unpaired) electrons. The molecule has 1 heterocycles. The van der Waals surface area contributed by atoms with Gasteiger partial charge in [0.2, 0.25) is 0 Å². The Morgan fingerprint density at radius 2 is 1.23 bits per heavy atom. The largest absolute Gasteiger partial charge is 0.497 e. The molecule has 0 amide bonds. The van der Waals surface area contributed by atoms with Crippen LogP contribution in [0.2, 0.25) is 5.04 Å². The first-order valence-corrected chi connectivity index (χ1v) is 20.0. The van der Waals surface area contributed by atoms with Crippen molar-refractivity contribution in [3.05, 3.63) is 139 Å². The molecule has 1 fully saturated rings. The number of rotatable bonds is 16. The monoisotopic (exact) mass is 718 g/mol. The number of benzene rings is 4. The van der Waals surface area contributed by atoms with Gasteiger partial charge in [-0.15, -0.1) is 6.58 Å². The summed E-state index contributed by atoms with van der Waals surface area (Å²) in [5.74, 6) is 6.77. The Hall–Kier alpha value is -4.00. The van der Waals surface area contributed by atoms with E-state index >= 15 is 0 Å². The van der Waals surface area contributed by atoms with E-state index in [1.807, 2.05) is 62.4 Å². The molecule has 1 saturated heterocycles. The fraction of sp³-hybridized carbons (Fsp3) is 0.378. The summed E-state index contributed by atoms with van der Waals surface area (Å²) in [6, 6.07) is 39.3. The van der Waals surface area contributed by atoms with Crippen LogP contribution >= 0.6 is 0 Å². The molecule has 1 aliphatic heterocycles. The van der Waals surface area contributed by atoms with Crippen LogP contribution in [0.1, 0.15) is 58.6 Å². The molecule has 4 atom stereocenters. The maximum absolute atomic E-state index is 7.05. The van der Waals surface area contributed by atoms with Gasteiger partial charge in [-0.25, -0.2) is 0 Å². The van der Waals surface area contributed by atoms with Gasteiger partial charge in [0.1, 0.15) is 18.0 Å². The minimum atomic E-state index is -2.72. The molecule has 6 nitrogen and oxygen atoms in total. The molecule has 52 heavy (non-hydrogen) atoms. The average molecular weight is 719 g/mol. The molecule has 4 aromatic carbocycles. The van der Waals surface area contributed by atoms with Gasteiger partial charge in [0.05, 0.1) is 39.1 Å². The second-order valence-electron chi connectivity index (χ2n) is 14.6. The Morgan fingerprint density at radius 1 is 0.731 bits per heavy atom. The smallest absolute Gasteiger partial charge is 0.262 e. The lowest BCUT2D eigenvalue weighted by Gasteiger charge is -2.42. The Kier molecular flexibility index (Phi) is 13.7. The maximum atomic E-state index is 7.05. The van der Waals surface area contributed by atoms with Gasteiger partial charge in [-0.3, -0.25) is 0 Å². The van der Waals surface area contributed by atoms with Crippen molar-refractivity contribution in [3.8, 4) is 17.6 Å². The predicted octanol–water partition coefficient (Wildman–Crippen LogP) is 8.23. The van der Waals surface area contributed by atoms with Crippen LogP contribution in [0, 0.1) is 11.8 Å². The zero-order valence-corrected chi connectivity index (χ0v) is 32.5. The molecule has 5 rings (SSSR count). The molecule has 0 unspecified atom stereocenters. The highest BCUT2D eigenvalue weighted by atomic mass is 28.4. The molecule has 0 saturated carbocycles. The zero-order chi connectivity index (χ0) is 37.0. The third-order valence-electron chi connectivity index (χ3n) is 9.43. The van der Waals surface area contributed by atoms with Gasteiger partial charge in [-0.2, -0.15) is 0 Å². The van der Waals surface area contributed by atoms with Gasteiger partial charge in [-0.1, -0.05) is 142 Å². The molecular formula is C45H54O6Si. The fourth-order valence-corrected chi connectivity index (χ4v) is 11.4. The summed E-state index contributed by atoms with van der Waals surface area (Å²) in [5.41, 5.74) is 2.11. The van der Waals surface area contributed by atoms with Crippen LogP contribution in [-0.2, 0) is 36.6 Å². The third kappa shape index (κ3) is 9.90. The van der Waals surface area contributed by atoms with E-state index in [4.69, 9.17) is 28.1 Å². The van der Waals surface area contributed by atoms with Crippen molar-refractivity contribution < 1.29 is 28.1 Å². The Bertz CT molecular complexity index is 1690. The van der Waals surface area contributed by atoms with Crippen molar-refractivity contribution >= 4 is 18.7 Å². The first kappa shape index (κ1) is 39.2. The Balaban J connectivity index is 1.39. The van der Waals surface area contributed by atoms with Crippen LogP contribution in [0.15, 0.2) is 128 Å². The van der Waals surface area contributed by atoms with E-state index in [-0.39, 0.29) is 11.1 Å². The van der Waals surface area contributed by atoms with Crippen molar-refractivity contribution in [2.24, 2.45) is 0 Å². The predicted molar refractivity (Wildman–Crippen MR) is 211 cm³/mol. The van der Waals surface area contributed by atoms with E-state index < -0.39 is 32.4 Å². The molecule has 7 heteroatoms. The summed E-state index contributed by atoms with van der Waals surface area (Å²) in [6.45, 7) is 15.8. The highest BCUT2D eigenvalue weighted by molar-refractivity contribution is 6.99. The first-order valence-electron chi connectivity index (χ1n) is 18.1. The van der Waals surface area contributed by atoms with Crippen LogP contribution < -0.4 is 15.1 Å².